The van der Waals surface area contributed by atoms with Crippen LogP contribution in [0, 0.1) is 11.8 Å². The van der Waals surface area contributed by atoms with Crippen molar-refractivity contribution in [1.29, 1.82) is 0 Å². The molecule has 0 unspecified atom stereocenters. The summed E-state index contributed by atoms with van der Waals surface area (Å²) in [4.78, 5) is 16.5. The smallest absolute Gasteiger partial charge is 0.285 e. The van der Waals surface area contributed by atoms with Gasteiger partial charge in [-0.05, 0) is 35.8 Å². The maximum absolute atomic E-state index is 12.5. The van der Waals surface area contributed by atoms with Crippen LogP contribution in [0.2, 0.25) is 5.15 Å². The molecule has 2 aromatic heterocycles. The molecular weight excluding hydrogens is 340 g/mol. The second-order valence-corrected chi connectivity index (χ2v) is 6.43. The van der Waals surface area contributed by atoms with Crippen LogP contribution in [-0.2, 0) is 13.0 Å². The van der Waals surface area contributed by atoms with Gasteiger partial charge in [0.05, 0.1) is 0 Å². The van der Waals surface area contributed by atoms with Gasteiger partial charge in [-0.3, -0.25) is 4.79 Å². The van der Waals surface area contributed by atoms with Crippen molar-refractivity contribution in [2.75, 3.05) is 0 Å². The Morgan fingerprint density at radius 1 is 1.17 bits per heavy atom. The molecule has 3 rings (SSSR count). The third-order valence-corrected chi connectivity index (χ3v) is 4.36. The van der Waals surface area contributed by atoms with E-state index in [0.717, 1.165) is 18.4 Å². The van der Waals surface area contributed by atoms with Gasteiger partial charge in [0.2, 0.25) is 0 Å². The highest BCUT2D eigenvalue weighted by molar-refractivity contribution is 7.08. The second kappa shape index (κ2) is 7.96. The minimum atomic E-state index is -0.199. The van der Waals surface area contributed by atoms with Crippen LogP contribution >= 0.6 is 22.9 Å². The normalized spacial score (nSPS) is 10.2. The fraction of sp³-hybridized carbons (Fsp3) is 0.158. The average molecular weight is 355 g/mol. The molecule has 3 aromatic rings. The van der Waals surface area contributed by atoms with Gasteiger partial charge in [0, 0.05) is 23.7 Å². The van der Waals surface area contributed by atoms with Crippen molar-refractivity contribution < 1.29 is 0 Å². The zero-order chi connectivity index (χ0) is 16.8. The van der Waals surface area contributed by atoms with Crippen LogP contribution < -0.4 is 5.56 Å². The SMILES string of the molecule is O=c1c(C#Cc2ccsc2)nc(Cl)cn1CCCc1ccccc1. The molecule has 0 saturated carbocycles. The number of thiophene rings is 1. The quantitative estimate of drug-likeness (QED) is 0.664. The van der Waals surface area contributed by atoms with E-state index in [1.54, 1.807) is 22.1 Å². The van der Waals surface area contributed by atoms with Crippen LogP contribution in [0.5, 0.6) is 0 Å². The first-order chi connectivity index (χ1) is 11.7. The first-order valence-electron chi connectivity index (χ1n) is 7.57. The second-order valence-electron chi connectivity index (χ2n) is 5.26. The zero-order valence-corrected chi connectivity index (χ0v) is 14.5. The fourth-order valence-corrected chi connectivity index (χ4v) is 3.11. The summed E-state index contributed by atoms with van der Waals surface area (Å²) in [7, 11) is 0. The molecule has 24 heavy (non-hydrogen) atoms. The van der Waals surface area contributed by atoms with Crippen LogP contribution in [0.15, 0.2) is 58.1 Å². The van der Waals surface area contributed by atoms with Crippen molar-refractivity contribution in [3.05, 3.63) is 85.7 Å². The van der Waals surface area contributed by atoms with Gasteiger partial charge in [0.15, 0.2) is 5.69 Å². The van der Waals surface area contributed by atoms with E-state index in [4.69, 9.17) is 11.6 Å². The van der Waals surface area contributed by atoms with Crippen molar-refractivity contribution in [3.8, 4) is 11.8 Å². The van der Waals surface area contributed by atoms with Gasteiger partial charge >= 0.3 is 0 Å². The van der Waals surface area contributed by atoms with Crippen molar-refractivity contribution in [2.45, 2.75) is 19.4 Å². The van der Waals surface area contributed by atoms with Gasteiger partial charge in [-0.1, -0.05) is 47.9 Å². The molecular formula is C19H15ClN2OS. The van der Waals surface area contributed by atoms with Crippen molar-refractivity contribution >= 4 is 22.9 Å². The Kier molecular flexibility index (Phi) is 5.47. The van der Waals surface area contributed by atoms with E-state index in [1.807, 2.05) is 35.0 Å². The molecule has 0 saturated heterocycles. The summed E-state index contributed by atoms with van der Waals surface area (Å²) in [5.74, 6) is 5.78. The van der Waals surface area contributed by atoms with E-state index in [1.165, 1.54) is 5.56 Å². The summed E-state index contributed by atoms with van der Waals surface area (Å²) in [5, 5.41) is 4.15. The minimum absolute atomic E-state index is 0.188. The Morgan fingerprint density at radius 3 is 2.75 bits per heavy atom. The maximum atomic E-state index is 12.5. The van der Waals surface area contributed by atoms with Crippen molar-refractivity contribution in [2.24, 2.45) is 0 Å². The highest BCUT2D eigenvalue weighted by atomic mass is 35.5. The first kappa shape index (κ1) is 16.5. The van der Waals surface area contributed by atoms with E-state index < -0.39 is 0 Å². The van der Waals surface area contributed by atoms with E-state index in [9.17, 15) is 4.79 Å². The number of rotatable bonds is 4. The summed E-state index contributed by atoms with van der Waals surface area (Å²) in [6.45, 7) is 0.586. The largest absolute Gasteiger partial charge is 0.310 e. The molecule has 0 aliphatic rings. The summed E-state index contributed by atoms with van der Waals surface area (Å²) in [6.07, 6.45) is 3.33. The lowest BCUT2D eigenvalue weighted by atomic mass is 10.1. The minimum Gasteiger partial charge on any atom is -0.310 e. The van der Waals surface area contributed by atoms with Crippen LogP contribution in [0.3, 0.4) is 0 Å². The standard InChI is InChI=1S/C19H15ClN2OS/c20-18-13-22(11-4-7-15-5-2-1-3-6-15)19(23)17(21-18)9-8-16-10-12-24-14-16/h1-3,5-6,10,12-14H,4,7,11H2. The lowest BCUT2D eigenvalue weighted by molar-refractivity contribution is 0.616. The van der Waals surface area contributed by atoms with E-state index in [2.05, 4.69) is 29.0 Å². The predicted octanol–water partition coefficient (Wildman–Crippen LogP) is 3.99. The third kappa shape index (κ3) is 4.35. The van der Waals surface area contributed by atoms with Crippen molar-refractivity contribution in [3.63, 3.8) is 0 Å². The molecule has 0 fully saturated rings. The number of hydrogen-bond acceptors (Lipinski definition) is 3. The molecule has 120 valence electrons. The molecule has 0 N–H and O–H groups in total. The number of halogens is 1. The highest BCUT2D eigenvalue weighted by Gasteiger charge is 2.06. The van der Waals surface area contributed by atoms with Gasteiger partial charge in [-0.15, -0.1) is 0 Å². The summed E-state index contributed by atoms with van der Waals surface area (Å²) in [5.41, 5.74) is 2.11. The lowest BCUT2D eigenvalue weighted by Crippen LogP contribution is -2.24. The molecule has 0 amide bonds. The highest BCUT2D eigenvalue weighted by Crippen LogP contribution is 2.07. The topological polar surface area (TPSA) is 34.9 Å². The Labute approximate surface area is 149 Å². The van der Waals surface area contributed by atoms with E-state index >= 15 is 0 Å². The summed E-state index contributed by atoms with van der Waals surface area (Å²) < 4.78 is 1.59. The van der Waals surface area contributed by atoms with Crippen LogP contribution in [0.1, 0.15) is 23.2 Å². The van der Waals surface area contributed by atoms with Gasteiger partial charge in [0.1, 0.15) is 5.15 Å². The molecule has 0 aliphatic heterocycles. The Hall–Kier alpha value is -2.35. The monoisotopic (exact) mass is 354 g/mol. The van der Waals surface area contributed by atoms with Crippen molar-refractivity contribution in [1.82, 2.24) is 9.55 Å². The Bertz CT molecular complexity index is 921. The van der Waals surface area contributed by atoms with Gasteiger partial charge < -0.3 is 4.57 Å². The van der Waals surface area contributed by atoms with Gasteiger partial charge in [0.25, 0.3) is 5.56 Å². The molecule has 1 aromatic carbocycles. The maximum Gasteiger partial charge on any atom is 0.285 e. The predicted molar refractivity (Wildman–Crippen MR) is 98.6 cm³/mol. The molecule has 3 nitrogen and oxygen atoms in total. The summed E-state index contributed by atoms with van der Waals surface area (Å²) in [6, 6.07) is 12.1. The Balaban J connectivity index is 1.75. The average Bonchev–Trinajstić information content (AvgIpc) is 3.11. The number of aromatic nitrogens is 2. The molecule has 0 atom stereocenters. The molecule has 0 aliphatic carbocycles. The number of hydrogen-bond donors (Lipinski definition) is 0. The molecule has 0 spiro atoms. The third-order valence-electron chi connectivity index (χ3n) is 3.50. The van der Waals surface area contributed by atoms with Crippen LogP contribution in [0.4, 0.5) is 0 Å². The van der Waals surface area contributed by atoms with E-state index in [0.29, 0.717) is 6.54 Å². The number of nitrogens with zero attached hydrogens (tertiary/aromatic N) is 2. The summed E-state index contributed by atoms with van der Waals surface area (Å²) >= 11 is 7.60. The molecule has 5 heteroatoms. The number of aryl methyl sites for hydroxylation is 2. The van der Waals surface area contributed by atoms with Crippen LogP contribution in [0.25, 0.3) is 0 Å². The zero-order valence-electron chi connectivity index (χ0n) is 12.9. The number of benzene rings is 1. The van der Waals surface area contributed by atoms with Gasteiger partial charge in [-0.2, -0.15) is 11.3 Å². The lowest BCUT2D eigenvalue weighted by Gasteiger charge is -2.06. The molecule has 0 bridgehead atoms. The van der Waals surface area contributed by atoms with E-state index in [-0.39, 0.29) is 16.4 Å². The Morgan fingerprint density at radius 2 is 2.00 bits per heavy atom. The molecule has 0 radical (unpaired) electrons. The molecule has 2 heterocycles. The first-order valence-corrected chi connectivity index (χ1v) is 8.89. The fourth-order valence-electron chi connectivity index (χ4n) is 2.32. The van der Waals surface area contributed by atoms with Crippen LogP contribution in [-0.4, -0.2) is 9.55 Å². The van der Waals surface area contributed by atoms with Gasteiger partial charge in [-0.25, -0.2) is 4.98 Å².